The van der Waals surface area contributed by atoms with Gasteiger partial charge in [-0.25, -0.2) is 4.39 Å². The molecule has 3 N–H and O–H groups in total. The standard InChI is InChI=1S/C28H40FN5O4.2ClH/c1-17(30-2)26(35)31-24(18-9-12-38-13-10-18)28(37)34-15-20-7-5-11-33(20)16-23(34)27(36)32-25-21-8-4-3-6-19(21)14-22(25)29;;/h3-4,6,8,17-18,20,22-25,30H,5,7,9-16H2,1-2H3,(H,31,35)(H,32,36);2*1H/t17-,20?,22-,23?,24-,25-;;/m0../s1. The molecule has 9 nitrogen and oxygen atoms in total. The van der Waals surface area contributed by atoms with Gasteiger partial charge in [0.1, 0.15) is 18.3 Å². The number of hydrogen-bond acceptors (Lipinski definition) is 6. The maximum Gasteiger partial charge on any atom is 0.246 e. The highest BCUT2D eigenvalue weighted by Gasteiger charge is 2.46. The largest absolute Gasteiger partial charge is 0.381 e. The molecule has 12 heteroatoms. The average Bonchev–Trinajstić information content (AvgIpc) is 3.53. The zero-order valence-electron chi connectivity index (χ0n) is 23.1. The normalized spacial score (nSPS) is 27.8. The van der Waals surface area contributed by atoms with Crippen LogP contribution in [0.3, 0.4) is 0 Å². The highest BCUT2D eigenvalue weighted by molar-refractivity contribution is 5.93. The molecule has 5 rings (SSSR count). The number of amides is 3. The number of ether oxygens (including phenoxy) is 1. The lowest BCUT2D eigenvalue weighted by Gasteiger charge is -2.45. The van der Waals surface area contributed by atoms with Crippen LogP contribution in [-0.2, 0) is 25.5 Å². The number of piperazine rings is 1. The number of benzene rings is 1. The van der Waals surface area contributed by atoms with Crippen molar-refractivity contribution < 1.29 is 23.5 Å². The van der Waals surface area contributed by atoms with Gasteiger partial charge in [0.05, 0.1) is 12.1 Å². The second-order valence-electron chi connectivity index (χ2n) is 11.1. The molecule has 3 amide bonds. The van der Waals surface area contributed by atoms with Crippen molar-refractivity contribution in [3.8, 4) is 0 Å². The van der Waals surface area contributed by atoms with Crippen LogP contribution in [0.15, 0.2) is 24.3 Å². The van der Waals surface area contributed by atoms with Crippen LogP contribution in [0.2, 0.25) is 0 Å². The third-order valence-electron chi connectivity index (χ3n) is 8.87. The van der Waals surface area contributed by atoms with Gasteiger partial charge in [-0.05, 0) is 63.2 Å². The highest BCUT2D eigenvalue weighted by Crippen LogP contribution is 2.34. The lowest BCUT2D eigenvalue weighted by molar-refractivity contribution is -0.150. The van der Waals surface area contributed by atoms with Crippen molar-refractivity contribution in [1.82, 2.24) is 25.8 Å². The molecule has 6 atom stereocenters. The topological polar surface area (TPSA) is 103 Å². The van der Waals surface area contributed by atoms with E-state index in [0.717, 1.165) is 30.5 Å². The van der Waals surface area contributed by atoms with Crippen molar-refractivity contribution in [3.63, 3.8) is 0 Å². The van der Waals surface area contributed by atoms with Gasteiger partial charge in [-0.2, -0.15) is 0 Å². The van der Waals surface area contributed by atoms with Crippen LogP contribution in [0.5, 0.6) is 0 Å². The number of carbonyl (C=O) groups excluding carboxylic acids is 3. The Balaban J connectivity index is 0.00000220. The number of likely N-dealkylation sites (N-methyl/N-ethyl adjacent to an activating group) is 1. The molecular formula is C28H42Cl2FN5O4. The van der Waals surface area contributed by atoms with Gasteiger partial charge < -0.3 is 25.6 Å². The van der Waals surface area contributed by atoms with Crippen LogP contribution < -0.4 is 16.0 Å². The molecule has 0 spiro atoms. The van der Waals surface area contributed by atoms with Crippen LogP contribution in [0.25, 0.3) is 0 Å². The van der Waals surface area contributed by atoms with E-state index in [1.54, 1.807) is 18.9 Å². The monoisotopic (exact) mass is 601 g/mol. The second kappa shape index (κ2) is 14.3. The quantitative estimate of drug-likeness (QED) is 0.440. The fourth-order valence-corrected chi connectivity index (χ4v) is 6.47. The summed E-state index contributed by atoms with van der Waals surface area (Å²) in [6, 6.07) is 5.00. The third kappa shape index (κ3) is 6.73. The number of alkyl halides is 1. The highest BCUT2D eigenvalue weighted by atomic mass is 35.5. The molecule has 1 aromatic carbocycles. The predicted octanol–water partition coefficient (Wildman–Crippen LogP) is 1.78. The second-order valence-corrected chi connectivity index (χ2v) is 11.1. The minimum atomic E-state index is -1.21. The van der Waals surface area contributed by atoms with Crippen LogP contribution in [0.4, 0.5) is 4.39 Å². The number of rotatable bonds is 7. The fraction of sp³-hybridized carbons (Fsp3) is 0.679. The van der Waals surface area contributed by atoms with Crippen LogP contribution in [0, 0.1) is 5.92 Å². The maximum atomic E-state index is 15.0. The molecule has 3 heterocycles. The molecule has 0 radical (unpaired) electrons. The van der Waals surface area contributed by atoms with Crippen molar-refractivity contribution >= 4 is 42.5 Å². The molecule has 3 saturated heterocycles. The van der Waals surface area contributed by atoms with E-state index >= 15 is 4.39 Å². The van der Waals surface area contributed by atoms with E-state index in [1.807, 2.05) is 24.3 Å². The molecule has 1 aromatic rings. The summed E-state index contributed by atoms with van der Waals surface area (Å²) in [6.45, 7) is 4.54. The van der Waals surface area contributed by atoms with E-state index in [1.165, 1.54) is 0 Å². The van der Waals surface area contributed by atoms with Crippen molar-refractivity contribution in [2.24, 2.45) is 5.92 Å². The smallest absolute Gasteiger partial charge is 0.246 e. The summed E-state index contributed by atoms with van der Waals surface area (Å²) in [4.78, 5) is 44.8. The Bertz CT molecular complexity index is 1050. The number of nitrogens with zero attached hydrogens (tertiary/aromatic N) is 2. The van der Waals surface area contributed by atoms with E-state index in [9.17, 15) is 14.4 Å². The van der Waals surface area contributed by atoms with E-state index in [-0.39, 0.29) is 60.9 Å². The summed E-state index contributed by atoms with van der Waals surface area (Å²) >= 11 is 0. The minimum Gasteiger partial charge on any atom is -0.381 e. The summed E-state index contributed by atoms with van der Waals surface area (Å²) in [5, 5.41) is 8.88. The van der Waals surface area contributed by atoms with Crippen LogP contribution >= 0.6 is 24.8 Å². The molecule has 0 saturated carbocycles. The first-order chi connectivity index (χ1) is 18.4. The average molecular weight is 603 g/mol. The number of nitrogens with one attached hydrogen (secondary N) is 3. The lowest BCUT2D eigenvalue weighted by Crippen LogP contribution is -2.66. The van der Waals surface area contributed by atoms with E-state index < -0.39 is 30.3 Å². The van der Waals surface area contributed by atoms with Crippen molar-refractivity contribution in [2.45, 2.75) is 75.4 Å². The van der Waals surface area contributed by atoms with Gasteiger partial charge in [-0.15, -0.1) is 24.8 Å². The molecule has 1 aliphatic carbocycles. The molecule has 40 heavy (non-hydrogen) atoms. The third-order valence-corrected chi connectivity index (χ3v) is 8.87. The maximum absolute atomic E-state index is 15.0. The lowest BCUT2D eigenvalue weighted by atomic mass is 9.89. The SMILES string of the molecule is CN[C@@H](C)C(=O)N[C@H](C(=O)N1CC2CCCN2CC1C(=O)N[C@H]1c2ccccc2C[C@@H]1F)C1CCOCC1.Cl.Cl. The molecule has 0 bridgehead atoms. The van der Waals surface area contributed by atoms with Gasteiger partial charge in [0, 0.05) is 38.8 Å². The number of halogens is 3. The first-order valence-corrected chi connectivity index (χ1v) is 14.0. The van der Waals surface area contributed by atoms with Crippen molar-refractivity contribution in [3.05, 3.63) is 35.4 Å². The van der Waals surface area contributed by atoms with Gasteiger partial charge in [-0.3, -0.25) is 19.3 Å². The Morgan fingerprint density at radius 2 is 1.80 bits per heavy atom. The van der Waals surface area contributed by atoms with Crippen LogP contribution in [-0.4, -0.2) is 97.8 Å². The zero-order chi connectivity index (χ0) is 26.8. The van der Waals surface area contributed by atoms with Gasteiger partial charge in [0.2, 0.25) is 17.7 Å². The molecule has 3 aliphatic heterocycles. The molecule has 3 fully saturated rings. The first kappa shape index (κ1) is 32.5. The Hall–Kier alpha value is -1.98. The van der Waals surface area contributed by atoms with Gasteiger partial charge >= 0.3 is 0 Å². The van der Waals surface area contributed by atoms with Gasteiger partial charge in [0.25, 0.3) is 0 Å². The van der Waals surface area contributed by atoms with E-state index in [4.69, 9.17) is 4.74 Å². The summed E-state index contributed by atoms with van der Waals surface area (Å²) in [7, 11) is 1.70. The summed E-state index contributed by atoms with van der Waals surface area (Å²) in [5.41, 5.74) is 1.71. The molecule has 224 valence electrons. The van der Waals surface area contributed by atoms with Crippen molar-refractivity contribution in [2.75, 3.05) is 39.9 Å². The minimum absolute atomic E-state index is 0. The Labute approximate surface area is 248 Å². The van der Waals surface area contributed by atoms with Crippen LogP contribution in [0.1, 0.15) is 49.8 Å². The Morgan fingerprint density at radius 1 is 1.07 bits per heavy atom. The first-order valence-electron chi connectivity index (χ1n) is 14.0. The number of hydrogen-bond donors (Lipinski definition) is 3. The fourth-order valence-electron chi connectivity index (χ4n) is 6.47. The predicted molar refractivity (Wildman–Crippen MR) is 155 cm³/mol. The summed E-state index contributed by atoms with van der Waals surface area (Å²) in [6.07, 6.45) is 2.36. The Morgan fingerprint density at radius 3 is 2.52 bits per heavy atom. The number of carbonyl (C=O) groups is 3. The molecular weight excluding hydrogens is 560 g/mol. The Kier molecular flexibility index (Phi) is 11.6. The molecule has 0 aromatic heterocycles. The molecule has 2 unspecified atom stereocenters. The zero-order valence-corrected chi connectivity index (χ0v) is 24.8. The van der Waals surface area contributed by atoms with Crippen molar-refractivity contribution in [1.29, 1.82) is 0 Å². The van der Waals surface area contributed by atoms with E-state index in [0.29, 0.717) is 39.1 Å². The number of fused-ring (bicyclic) bond motifs is 2. The summed E-state index contributed by atoms with van der Waals surface area (Å²) in [5.74, 6) is -0.898. The van der Waals surface area contributed by atoms with E-state index in [2.05, 4.69) is 20.9 Å². The van der Waals surface area contributed by atoms with Gasteiger partial charge in [0.15, 0.2) is 0 Å². The molecule has 4 aliphatic rings. The van der Waals surface area contributed by atoms with Gasteiger partial charge in [-0.1, -0.05) is 24.3 Å². The summed E-state index contributed by atoms with van der Waals surface area (Å²) < 4.78 is 20.6.